The van der Waals surface area contributed by atoms with Crippen molar-refractivity contribution < 1.29 is 13.2 Å². The van der Waals surface area contributed by atoms with E-state index in [2.05, 4.69) is 34.8 Å². The molecule has 0 aliphatic carbocycles. The first-order valence-electron chi connectivity index (χ1n) is 11.3. The third-order valence-electron chi connectivity index (χ3n) is 6.71. The summed E-state index contributed by atoms with van der Waals surface area (Å²) >= 11 is 0. The summed E-state index contributed by atoms with van der Waals surface area (Å²) in [5.41, 5.74) is 3.76. The molecule has 0 N–H and O–H groups in total. The monoisotopic (exact) mass is 447 g/mol. The summed E-state index contributed by atoms with van der Waals surface area (Å²) in [5, 5.41) is 0. The molecule has 1 aromatic rings. The van der Waals surface area contributed by atoms with Crippen LogP contribution in [-0.4, -0.2) is 88.1 Å². The molecule has 2 saturated heterocycles. The second-order valence-corrected chi connectivity index (χ2v) is 10.8. The number of rotatable bonds is 5. The zero-order valence-corrected chi connectivity index (χ0v) is 20.5. The molecule has 0 atom stereocenters. The van der Waals surface area contributed by atoms with Crippen molar-refractivity contribution in [2.75, 3.05) is 59.5 Å². The maximum absolute atomic E-state index is 13.4. The van der Waals surface area contributed by atoms with Crippen LogP contribution in [0.5, 0.6) is 0 Å². The lowest BCUT2D eigenvalue weighted by Gasteiger charge is -2.32. The molecule has 0 radical (unpaired) electrons. The highest BCUT2D eigenvalue weighted by molar-refractivity contribution is 7.89. The Morgan fingerprint density at radius 3 is 2.10 bits per heavy atom. The van der Waals surface area contributed by atoms with Gasteiger partial charge in [-0.1, -0.05) is 17.9 Å². The van der Waals surface area contributed by atoms with Crippen LogP contribution in [0.25, 0.3) is 0 Å². The van der Waals surface area contributed by atoms with Crippen molar-refractivity contribution in [1.29, 1.82) is 0 Å². The number of piperazine rings is 1. The quantitative estimate of drug-likeness (QED) is 0.649. The van der Waals surface area contributed by atoms with E-state index in [0.29, 0.717) is 37.4 Å². The van der Waals surface area contributed by atoms with Gasteiger partial charge >= 0.3 is 0 Å². The summed E-state index contributed by atoms with van der Waals surface area (Å²) in [5.74, 6) is 6.34. The fourth-order valence-electron chi connectivity index (χ4n) is 4.32. The average Bonchev–Trinajstić information content (AvgIpc) is 2.74. The van der Waals surface area contributed by atoms with E-state index in [1.807, 2.05) is 27.7 Å². The molecule has 0 amide bonds. The van der Waals surface area contributed by atoms with Crippen LogP contribution in [0.4, 0.5) is 0 Å². The number of hydrogen-bond acceptors (Lipinski definition) is 5. The van der Waals surface area contributed by atoms with Crippen LogP contribution in [0.3, 0.4) is 0 Å². The van der Waals surface area contributed by atoms with Gasteiger partial charge in [0, 0.05) is 39.3 Å². The third-order valence-corrected chi connectivity index (χ3v) is 8.88. The molecule has 2 heterocycles. The number of sulfonamides is 1. The first-order chi connectivity index (χ1) is 14.7. The van der Waals surface area contributed by atoms with Gasteiger partial charge in [0.15, 0.2) is 0 Å². The van der Waals surface area contributed by atoms with E-state index in [1.54, 1.807) is 4.31 Å². The molecule has 31 heavy (non-hydrogen) atoms. The summed E-state index contributed by atoms with van der Waals surface area (Å²) in [7, 11) is -1.35. The largest absolute Gasteiger partial charge is 0.365 e. The van der Waals surface area contributed by atoms with Gasteiger partial charge in [-0.25, -0.2) is 8.42 Å². The van der Waals surface area contributed by atoms with Gasteiger partial charge in [0.2, 0.25) is 10.0 Å². The van der Waals surface area contributed by atoms with Crippen molar-refractivity contribution >= 4 is 10.0 Å². The minimum absolute atomic E-state index is 0.0748. The van der Waals surface area contributed by atoms with Gasteiger partial charge in [-0.2, -0.15) is 4.31 Å². The van der Waals surface area contributed by atoms with Crippen molar-refractivity contribution in [3.8, 4) is 11.8 Å². The van der Waals surface area contributed by atoms with E-state index in [9.17, 15) is 8.42 Å². The number of piperidine rings is 1. The lowest BCUT2D eigenvalue weighted by Crippen LogP contribution is -2.44. The molecule has 2 aliphatic heterocycles. The number of ether oxygens (including phenoxy) is 1. The predicted molar refractivity (Wildman–Crippen MR) is 125 cm³/mol. The van der Waals surface area contributed by atoms with E-state index in [0.717, 1.165) is 55.0 Å². The molecular weight excluding hydrogens is 410 g/mol. The van der Waals surface area contributed by atoms with Gasteiger partial charge in [-0.3, -0.25) is 4.90 Å². The Morgan fingerprint density at radius 2 is 1.52 bits per heavy atom. The van der Waals surface area contributed by atoms with Gasteiger partial charge in [0.1, 0.15) is 6.61 Å². The molecule has 0 unspecified atom stereocenters. The number of likely N-dealkylation sites (N-methyl/N-ethyl adjacent to an activating group) is 1. The van der Waals surface area contributed by atoms with Gasteiger partial charge in [-0.05, 0) is 69.8 Å². The van der Waals surface area contributed by atoms with Crippen LogP contribution in [0.2, 0.25) is 0 Å². The highest BCUT2D eigenvalue weighted by Gasteiger charge is 2.32. The van der Waals surface area contributed by atoms with Crippen LogP contribution in [-0.2, 0) is 14.8 Å². The normalized spacial score (nSPS) is 19.9. The molecule has 6 nitrogen and oxygen atoms in total. The van der Waals surface area contributed by atoms with Crippen LogP contribution in [0, 0.1) is 39.5 Å². The Balaban J connectivity index is 1.49. The Hall–Kier alpha value is -1.43. The predicted octanol–water partition coefficient (Wildman–Crippen LogP) is 2.34. The molecule has 2 fully saturated rings. The molecule has 2 aliphatic rings. The lowest BCUT2D eigenvalue weighted by atomic mass is 10.0. The Labute approximate surface area is 188 Å². The first-order valence-corrected chi connectivity index (χ1v) is 12.7. The molecule has 0 aromatic heterocycles. The maximum Gasteiger partial charge on any atom is 0.243 e. The van der Waals surface area contributed by atoms with Crippen molar-refractivity contribution in [3.05, 3.63) is 28.3 Å². The number of benzene rings is 1. The van der Waals surface area contributed by atoms with Gasteiger partial charge < -0.3 is 9.64 Å². The SMILES string of the molecule is Cc1cc(C)c(C)c(S(=O)(=O)N2CCC(OCC#CCN3CCN(C)CC3)CC2)c1C. The standard InChI is InChI=1S/C24H37N3O3S/c1-19-18-20(2)22(4)24(21(19)3)31(28,29)27-11-8-23(9-12-27)30-17-7-6-10-26-15-13-25(5)14-16-26/h18,23H,8-17H2,1-5H3. The molecule has 0 spiro atoms. The third kappa shape index (κ3) is 5.88. The lowest BCUT2D eigenvalue weighted by molar-refractivity contribution is 0.0408. The molecule has 172 valence electrons. The van der Waals surface area contributed by atoms with Crippen LogP contribution >= 0.6 is 0 Å². The van der Waals surface area contributed by atoms with E-state index in [1.165, 1.54) is 0 Å². The van der Waals surface area contributed by atoms with E-state index >= 15 is 0 Å². The highest BCUT2D eigenvalue weighted by Crippen LogP contribution is 2.30. The van der Waals surface area contributed by atoms with Crippen molar-refractivity contribution in [2.45, 2.75) is 51.5 Å². The van der Waals surface area contributed by atoms with Crippen molar-refractivity contribution in [1.82, 2.24) is 14.1 Å². The minimum atomic E-state index is -3.50. The number of aryl methyl sites for hydroxylation is 2. The number of hydrogen-bond donors (Lipinski definition) is 0. The average molecular weight is 448 g/mol. The number of nitrogens with zero attached hydrogens (tertiary/aromatic N) is 3. The van der Waals surface area contributed by atoms with E-state index in [4.69, 9.17) is 4.74 Å². The summed E-state index contributed by atoms with van der Waals surface area (Å²) < 4.78 is 34.3. The van der Waals surface area contributed by atoms with Gasteiger partial charge in [-0.15, -0.1) is 0 Å². The molecule has 3 rings (SSSR count). The van der Waals surface area contributed by atoms with E-state index in [-0.39, 0.29) is 6.10 Å². The van der Waals surface area contributed by atoms with Gasteiger partial charge in [0.05, 0.1) is 17.5 Å². The van der Waals surface area contributed by atoms with Crippen molar-refractivity contribution in [2.24, 2.45) is 0 Å². The molecule has 1 aromatic carbocycles. The fraction of sp³-hybridized carbons (Fsp3) is 0.667. The zero-order valence-electron chi connectivity index (χ0n) is 19.7. The summed E-state index contributed by atoms with van der Waals surface area (Å²) in [6, 6.07) is 2.06. The summed E-state index contributed by atoms with van der Waals surface area (Å²) in [6.45, 7) is 14.3. The fourth-order valence-corrected chi connectivity index (χ4v) is 6.37. The zero-order chi connectivity index (χ0) is 22.6. The Morgan fingerprint density at radius 1 is 0.935 bits per heavy atom. The minimum Gasteiger partial charge on any atom is -0.365 e. The molecule has 0 bridgehead atoms. The molecule has 0 saturated carbocycles. The second kappa shape index (κ2) is 10.5. The van der Waals surface area contributed by atoms with E-state index < -0.39 is 10.0 Å². The first kappa shape index (κ1) is 24.2. The second-order valence-electron chi connectivity index (χ2n) is 8.94. The van der Waals surface area contributed by atoms with Crippen LogP contribution in [0.1, 0.15) is 35.1 Å². The smallest absolute Gasteiger partial charge is 0.243 e. The van der Waals surface area contributed by atoms with Crippen LogP contribution < -0.4 is 0 Å². The Kier molecular flexibility index (Phi) is 8.17. The molecule has 7 heteroatoms. The molecular formula is C24H37N3O3S. The highest BCUT2D eigenvalue weighted by atomic mass is 32.2. The topological polar surface area (TPSA) is 53.1 Å². The maximum atomic E-state index is 13.4. The summed E-state index contributed by atoms with van der Waals surface area (Å²) in [6.07, 6.45) is 1.50. The van der Waals surface area contributed by atoms with Crippen LogP contribution in [0.15, 0.2) is 11.0 Å². The van der Waals surface area contributed by atoms with Crippen molar-refractivity contribution in [3.63, 3.8) is 0 Å². The Bertz CT molecular complexity index is 907. The summed E-state index contributed by atoms with van der Waals surface area (Å²) in [4.78, 5) is 5.19. The van der Waals surface area contributed by atoms with Gasteiger partial charge in [0.25, 0.3) is 0 Å².